The Morgan fingerprint density at radius 1 is 1.48 bits per heavy atom. The van der Waals surface area contributed by atoms with Crippen LogP contribution in [0.25, 0.3) is 10.9 Å². The summed E-state index contributed by atoms with van der Waals surface area (Å²) in [6.45, 7) is 0.549. The molecule has 0 aliphatic carbocycles. The number of carbonyl (C=O) groups is 1. The number of nitro groups is 1. The van der Waals surface area contributed by atoms with Crippen molar-refractivity contribution in [2.45, 2.75) is 18.9 Å². The number of nitro benzene ring substituents is 1. The Labute approximate surface area is 130 Å². The normalized spacial score (nSPS) is 17.2. The summed E-state index contributed by atoms with van der Waals surface area (Å²) in [6, 6.07) is 6.94. The Morgan fingerprint density at radius 3 is 2.91 bits per heavy atom. The van der Waals surface area contributed by atoms with E-state index in [1.807, 2.05) is 6.07 Å². The Kier molecular flexibility index (Phi) is 3.54. The molecule has 1 aliphatic heterocycles. The number of benzene rings is 1. The Bertz CT molecular complexity index is 858. The van der Waals surface area contributed by atoms with E-state index in [2.05, 4.69) is 4.98 Å². The van der Waals surface area contributed by atoms with E-state index in [4.69, 9.17) is 0 Å². The summed E-state index contributed by atoms with van der Waals surface area (Å²) < 4.78 is 0. The fourth-order valence-electron chi connectivity index (χ4n) is 2.85. The van der Waals surface area contributed by atoms with Crippen LogP contribution in [0.2, 0.25) is 0 Å². The lowest BCUT2D eigenvalue weighted by molar-refractivity contribution is -0.384. The second-order valence-electron chi connectivity index (χ2n) is 5.29. The van der Waals surface area contributed by atoms with E-state index < -0.39 is 16.9 Å². The summed E-state index contributed by atoms with van der Waals surface area (Å²) >= 11 is 0. The van der Waals surface area contributed by atoms with E-state index in [0.717, 1.165) is 6.42 Å². The second kappa shape index (κ2) is 5.53. The molecule has 0 saturated carbocycles. The number of anilines is 1. The fourth-order valence-corrected chi connectivity index (χ4v) is 2.85. The molecule has 2 aromatic rings. The molecule has 1 aromatic heterocycles. The zero-order valence-electron chi connectivity index (χ0n) is 12.0. The first-order chi connectivity index (χ1) is 11.0. The molecule has 0 unspecified atom stereocenters. The first-order valence-electron chi connectivity index (χ1n) is 7.00. The summed E-state index contributed by atoms with van der Waals surface area (Å²) in [5.41, 5.74) is 0.554. The van der Waals surface area contributed by atoms with Crippen LogP contribution in [-0.4, -0.2) is 33.6 Å². The van der Waals surface area contributed by atoms with Gasteiger partial charge in [-0.2, -0.15) is 5.26 Å². The maximum Gasteiger partial charge on any atom is 0.326 e. The standard InChI is InChI=1S/C15H12N4O4/c16-8-9-6-14(18-5-1-2-13(18)15(20)21)17-12-4-3-10(19(22)23)7-11(9)12/h3-4,6-7,13H,1-2,5H2,(H,20,21)/t13-/m1/s1. The number of hydrogen-bond acceptors (Lipinski definition) is 6. The molecule has 0 radical (unpaired) electrons. The quantitative estimate of drug-likeness (QED) is 0.680. The average Bonchev–Trinajstić information content (AvgIpc) is 3.03. The van der Waals surface area contributed by atoms with Gasteiger partial charge in [0.05, 0.1) is 22.1 Å². The van der Waals surface area contributed by atoms with E-state index in [1.165, 1.54) is 24.3 Å². The van der Waals surface area contributed by atoms with Gasteiger partial charge in [-0.1, -0.05) is 0 Å². The zero-order valence-corrected chi connectivity index (χ0v) is 12.0. The number of rotatable bonds is 3. The Balaban J connectivity index is 2.14. The van der Waals surface area contributed by atoms with E-state index in [1.54, 1.807) is 4.90 Å². The van der Waals surface area contributed by atoms with Crippen LogP contribution in [0, 0.1) is 21.4 Å². The molecule has 0 spiro atoms. The molecule has 2 heterocycles. The number of nitriles is 1. The number of fused-ring (bicyclic) bond motifs is 1. The van der Waals surface area contributed by atoms with Crippen LogP contribution in [0.3, 0.4) is 0 Å². The third-order valence-corrected chi connectivity index (χ3v) is 3.94. The molecule has 1 aliphatic rings. The van der Waals surface area contributed by atoms with Gasteiger partial charge in [0.1, 0.15) is 11.9 Å². The van der Waals surface area contributed by atoms with E-state index >= 15 is 0 Å². The van der Waals surface area contributed by atoms with Crippen molar-refractivity contribution in [1.29, 1.82) is 5.26 Å². The van der Waals surface area contributed by atoms with Crippen molar-refractivity contribution in [3.8, 4) is 6.07 Å². The van der Waals surface area contributed by atoms with Crippen molar-refractivity contribution < 1.29 is 14.8 Å². The van der Waals surface area contributed by atoms with Crippen LogP contribution in [0.4, 0.5) is 11.5 Å². The topological polar surface area (TPSA) is 120 Å². The van der Waals surface area contributed by atoms with Crippen LogP contribution in [0.5, 0.6) is 0 Å². The van der Waals surface area contributed by atoms with E-state index in [9.17, 15) is 25.3 Å². The maximum absolute atomic E-state index is 11.3. The molecule has 8 nitrogen and oxygen atoms in total. The third kappa shape index (κ3) is 2.53. The number of non-ortho nitro benzene ring substituents is 1. The lowest BCUT2D eigenvalue weighted by Gasteiger charge is -2.23. The van der Waals surface area contributed by atoms with Gasteiger partial charge < -0.3 is 10.0 Å². The minimum atomic E-state index is -0.924. The van der Waals surface area contributed by atoms with Gasteiger partial charge in [0, 0.05) is 24.1 Å². The number of aliphatic carboxylic acids is 1. The minimum Gasteiger partial charge on any atom is -0.480 e. The van der Waals surface area contributed by atoms with Crippen molar-refractivity contribution in [2.75, 3.05) is 11.4 Å². The van der Waals surface area contributed by atoms with E-state index in [0.29, 0.717) is 29.7 Å². The first-order valence-corrected chi connectivity index (χ1v) is 7.00. The monoisotopic (exact) mass is 312 g/mol. The van der Waals surface area contributed by atoms with Crippen molar-refractivity contribution >= 4 is 28.4 Å². The number of carboxylic acids is 1. The van der Waals surface area contributed by atoms with Crippen molar-refractivity contribution in [2.24, 2.45) is 0 Å². The number of aromatic nitrogens is 1. The third-order valence-electron chi connectivity index (χ3n) is 3.94. The minimum absolute atomic E-state index is 0.117. The van der Waals surface area contributed by atoms with Crippen LogP contribution in [0.15, 0.2) is 24.3 Å². The van der Waals surface area contributed by atoms with Crippen molar-refractivity contribution in [3.05, 3.63) is 39.9 Å². The fraction of sp³-hybridized carbons (Fsp3) is 0.267. The van der Waals surface area contributed by atoms with Gasteiger partial charge in [-0.15, -0.1) is 0 Å². The highest BCUT2D eigenvalue weighted by atomic mass is 16.6. The lowest BCUT2D eigenvalue weighted by atomic mass is 10.1. The molecular weight excluding hydrogens is 300 g/mol. The van der Waals surface area contributed by atoms with Crippen molar-refractivity contribution in [3.63, 3.8) is 0 Å². The summed E-state index contributed by atoms with van der Waals surface area (Å²) in [5, 5.41) is 29.9. The molecule has 1 N–H and O–H groups in total. The molecule has 1 atom stereocenters. The van der Waals surface area contributed by atoms with Crippen LogP contribution in [0.1, 0.15) is 18.4 Å². The van der Waals surface area contributed by atoms with Gasteiger partial charge in [-0.25, -0.2) is 9.78 Å². The largest absolute Gasteiger partial charge is 0.480 e. The van der Waals surface area contributed by atoms with Gasteiger partial charge in [0.2, 0.25) is 0 Å². The molecule has 1 saturated heterocycles. The molecule has 1 fully saturated rings. The van der Waals surface area contributed by atoms with Gasteiger partial charge in [0.25, 0.3) is 5.69 Å². The summed E-state index contributed by atoms with van der Waals surface area (Å²) in [6.07, 6.45) is 1.26. The highest BCUT2D eigenvalue weighted by molar-refractivity contribution is 5.89. The number of nitrogens with zero attached hydrogens (tertiary/aromatic N) is 4. The summed E-state index contributed by atoms with van der Waals surface area (Å²) in [5.74, 6) is -0.514. The summed E-state index contributed by atoms with van der Waals surface area (Å²) in [4.78, 5) is 27.7. The molecular formula is C15H12N4O4. The van der Waals surface area contributed by atoms with Gasteiger partial charge in [-0.3, -0.25) is 10.1 Å². The average molecular weight is 312 g/mol. The first kappa shape index (κ1) is 14.7. The number of hydrogen-bond donors (Lipinski definition) is 1. The van der Waals surface area contributed by atoms with Crippen LogP contribution >= 0.6 is 0 Å². The smallest absolute Gasteiger partial charge is 0.326 e. The predicted molar refractivity (Wildman–Crippen MR) is 81.1 cm³/mol. The number of pyridine rings is 1. The molecule has 1 aromatic carbocycles. The lowest BCUT2D eigenvalue weighted by Crippen LogP contribution is -2.36. The molecule has 0 amide bonds. The predicted octanol–water partition coefficient (Wildman–Crippen LogP) is 2.07. The second-order valence-corrected chi connectivity index (χ2v) is 5.29. The molecule has 23 heavy (non-hydrogen) atoms. The SMILES string of the molecule is N#Cc1cc(N2CCC[C@@H]2C(=O)O)nc2ccc([N+](=O)[O-])cc12. The zero-order chi connectivity index (χ0) is 16.6. The Hall–Kier alpha value is -3.21. The van der Waals surface area contributed by atoms with Crippen LogP contribution < -0.4 is 4.90 Å². The van der Waals surface area contributed by atoms with Gasteiger partial charge in [0.15, 0.2) is 0 Å². The van der Waals surface area contributed by atoms with Crippen molar-refractivity contribution in [1.82, 2.24) is 4.98 Å². The molecule has 116 valence electrons. The van der Waals surface area contributed by atoms with Gasteiger partial charge >= 0.3 is 5.97 Å². The van der Waals surface area contributed by atoms with E-state index in [-0.39, 0.29) is 11.3 Å². The number of carboxylic acid groups (broad SMARTS) is 1. The molecule has 3 rings (SSSR count). The highest BCUT2D eigenvalue weighted by Crippen LogP contribution is 2.30. The highest BCUT2D eigenvalue weighted by Gasteiger charge is 2.31. The molecule has 8 heteroatoms. The maximum atomic E-state index is 11.3. The summed E-state index contributed by atoms with van der Waals surface area (Å²) in [7, 11) is 0. The Morgan fingerprint density at radius 2 is 2.26 bits per heavy atom. The van der Waals surface area contributed by atoms with Crippen LogP contribution in [-0.2, 0) is 4.79 Å². The van der Waals surface area contributed by atoms with Gasteiger partial charge in [-0.05, 0) is 25.0 Å². The molecule has 0 bridgehead atoms.